The summed E-state index contributed by atoms with van der Waals surface area (Å²) in [6, 6.07) is 6.55. The average Bonchev–Trinajstić information content (AvgIpc) is 3.13. The number of nitrogens with zero attached hydrogens (tertiary/aromatic N) is 2. The van der Waals surface area contributed by atoms with Crippen LogP contribution in [0.5, 0.6) is 0 Å². The standard InChI is InChI=1S/C17H26N4/c1-2-21-9-8-13(12-21)11-19-17(18)20-16-7-6-14-4-3-5-15(14)10-16/h6-7,10,13H,2-5,8-9,11-12H2,1H3,(H3,18,19,20). The molecule has 1 unspecified atom stereocenters. The van der Waals surface area contributed by atoms with Crippen LogP contribution in [0, 0.1) is 5.92 Å². The fourth-order valence-electron chi connectivity index (χ4n) is 3.41. The number of guanidine groups is 1. The summed E-state index contributed by atoms with van der Waals surface area (Å²) in [7, 11) is 0. The zero-order valence-electron chi connectivity index (χ0n) is 12.9. The lowest BCUT2D eigenvalue weighted by atomic mass is 10.1. The van der Waals surface area contributed by atoms with Gasteiger partial charge >= 0.3 is 0 Å². The quantitative estimate of drug-likeness (QED) is 0.659. The molecule has 2 aliphatic rings. The molecule has 1 aromatic carbocycles. The van der Waals surface area contributed by atoms with Gasteiger partial charge in [0.2, 0.25) is 0 Å². The molecule has 3 N–H and O–H groups in total. The van der Waals surface area contributed by atoms with E-state index in [0.29, 0.717) is 11.9 Å². The molecule has 1 heterocycles. The largest absolute Gasteiger partial charge is 0.370 e. The Kier molecular flexibility index (Phi) is 4.44. The zero-order valence-corrected chi connectivity index (χ0v) is 12.9. The van der Waals surface area contributed by atoms with Gasteiger partial charge in [-0.1, -0.05) is 13.0 Å². The molecule has 1 saturated heterocycles. The number of nitrogens with two attached hydrogens (primary N) is 1. The van der Waals surface area contributed by atoms with Crippen molar-refractivity contribution in [3.8, 4) is 0 Å². The Balaban J connectivity index is 1.53. The van der Waals surface area contributed by atoms with Crippen LogP contribution in [0.2, 0.25) is 0 Å². The lowest BCUT2D eigenvalue weighted by Gasteiger charge is -2.12. The van der Waals surface area contributed by atoms with Gasteiger partial charge in [-0.3, -0.25) is 4.99 Å². The molecule has 21 heavy (non-hydrogen) atoms. The first kappa shape index (κ1) is 14.4. The smallest absolute Gasteiger partial charge is 0.193 e. The highest BCUT2D eigenvalue weighted by molar-refractivity contribution is 5.92. The summed E-state index contributed by atoms with van der Waals surface area (Å²) in [6.07, 6.45) is 4.92. The Morgan fingerprint density at radius 1 is 1.38 bits per heavy atom. The summed E-state index contributed by atoms with van der Waals surface area (Å²) in [5, 5.41) is 3.23. The normalized spacial score (nSPS) is 22.5. The minimum atomic E-state index is 0.544. The molecule has 0 amide bonds. The molecule has 114 valence electrons. The summed E-state index contributed by atoms with van der Waals surface area (Å²) in [4.78, 5) is 7.00. The first-order valence-electron chi connectivity index (χ1n) is 8.15. The lowest BCUT2D eigenvalue weighted by Crippen LogP contribution is -2.25. The summed E-state index contributed by atoms with van der Waals surface area (Å²) in [6.45, 7) is 6.56. The van der Waals surface area contributed by atoms with E-state index in [-0.39, 0.29) is 0 Å². The maximum atomic E-state index is 6.02. The minimum absolute atomic E-state index is 0.544. The first-order chi connectivity index (χ1) is 10.2. The van der Waals surface area contributed by atoms with Crippen LogP contribution in [0.3, 0.4) is 0 Å². The van der Waals surface area contributed by atoms with Crippen LogP contribution in [-0.4, -0.2) is 37.0 Å². The number of anilines is 1. The second-order valence-corrected chi connectivity index (χ2v) is 6.24. The highest BCUT2D eigenvalue weighted by Gasteiger charge is 2.20. The van der Waals surface area contributed by atoms with Crippen molar-refractivity contribution >= 4 is 11.6 Å². The van der Waals surface area contributed by atoms with E-state index in [2.05, 4.69) is 40.3 Å². The van der Waals surface area contributed by atoms with Crippen molar-refractivity contribution in [2.24, 2.45) is 16.6 Å². The minimum Gasteiger partial charge on any atom is -0.370 e. The monoisotopic (exact) mass is 286 g/mol. The molecule has 0 bridgehead atoms. The molecule has 0 spiro atoms. The first-order valence-corrected chi connectivity index (χ1v) is 8.15. The van der Waals surface area contributed by atoms with Crippen molar-refractivity contribution in [1.82, 2.24) is 4.90 Å². The third-order valence-corrected chi connectivity index (χ3v) is 4.71. The molecular formula is C17H26N4. The lowest BCUT2D eigenvalue weighted by molar-refractivity contribution is 0.344. The van der Waals surface area contributed by atoms with Crippen molar-refractivity contribution in [3.63, 3.8) is 0 Å². The van der Waals surface area contributed by atoms with Gasteiger partial charge in [-0.2, -0.15) is 0 Å². The molecular weight excluding hydrogens is 260 g/mol. The zero-order chi connectivity index (χ0) is 14.7. The number of aryl methyl sites for hydroxylation is 2. The van der Waals surface area contributed by atoms with Gasteiger partial charge in [-0.15, -0.1) is 0 Å². The van der Waals surface area contributed by atoms with E-state index in [1.165, 1.54) is 43.4 Å². The van der Waals surface area contributed by atoms with Crippen LogP contribution >= 0.6 is 0 Å². The molecule has 1 fully saturated rings. The van der Waals surface area contributed by atoms with E-state index >= 15 is 0 Å². The number of fused-ring (bicyclic) bond motifs is 1. The van der Waals surface area contributed by atoms with Crippen LogP contribution < -0.4 is 11.1 Å². The number of hydrogen-bond acceptors (Lipinski definition) is 2. The summed E-state index contributed by atoms with van der Waals surface area (Å²) in [5.41, 5.74) is 10.0. The Bertz CT molecular complexity index is 524. The van der Waals surface area contributed by atoms with Gasteiger partial charge in [0.25, 0.3) is 0 Å². The molecule has 0 saturated carbocycles. The van der Waals surface area contributed by atoms with Gasteiger partial charge in [0.1, 0.15) is 0 Å². The van der Waals surface area contributed by atoms with E-state index < -0.39 is 0 Å². The van der Waals surface area contributed by atoms with Crippen molar-refractivity contribution < 1.29 is 0 Å². The fourth-order valence-corrected chi connectivity index (χ4v) is 3.41. The third-order valence-electron chi connectivity index (χ3n) is 4.71. The van der Waals surface area contributed by atoms with Crippen molar-refractivity contribution in [3.05, 3.63) is 29.3 Å². The summed E-state index contributed by atoms with van der Waals surface area (Å²) >= 11 is 0. The number of benzene rings is 1. The molecule has 4 nitrogen and oxygen atoms in total. The van der Waals surface area contributed by atoms with Crippen LogP contribution in [0.15, 0.2) is 23.2 Å². The van der Waals surface area contributed by atoms with E-state index in [4.69, 9.17) is 5.73 Å². The van der Waals surface area contributed by atoms with Gasteiger partial charge < -0.3 is 16.0 Å². The van der Waals surface area contributed by atoms with Crippen molar-refractivity contribution in [2.75, 3.05) is 31.5 Å². The Morgan fingerprint density at radius 3 is 3.05 bits per heavy atom. The Morgan fingerprint density at radius 2 is 2.24 bits per heavy atom. The number of hydrogen-bond donors (Lipinski definition) is 2. The van der Waals surface area contributed by atoms with Crippen molar-refractivity contribution in [2.45, 2.75) is 32.6 Å². The topological polar surface area (TPSA) is 53.6 Å². The van der Waals surface area contributed by atoms with Crippen molar-refractivity contribution in [1.29, 1.82) is 0 Å². The Labute approximate surface area is 127 Å². The van der Waals surface area contributed by atoms with Crippen LogP contribution in [0.25, 0.3) is 0 Å². The van der Waals surface area contributed by atoms with E-state index in [0.717, 1.165) is 25.3 Å². The molecule has 1 aliphatic heterocycles. The fraction of sp³-hybridized carbons (Fsp3) is 0.588. The van der Waals surface area contributed by atoms with Gasteiger partial charge in [0, 0.05) is 18.8 Å². The molecule has 1 atom stereocenters. The highest BCUT2D eigenvalue weighted by atomic mass is 15.1. The number of likely N-dealkylation sites (tertiary alicyclic amines) is 1. The van der Waals surface area contributed by atoms with Crippen LogP contribution in [-0.2, 0) is 12.8 Å². The van der Waals surface area contributed by atoms with E-state index in [9.17, 15) is 0 Å². The number of nitrogens with one attached hydrogen (secondary N) is 1. The summed E-state index contributed by atoms with van der Waals surface area (Å²) in [5.74, 6) is 1.20. The number of rotatable bonds is 4. The maximum Gasteiger partial charge on any atom is 0.193 e. The summed E-state index contributed by atoms with van der Waals surface area (Å²) < 4.78 is 0. The van der Waals surface area contributed by atoms with Gasteiger partial charge in [0.05, 0.1) is 0 Å². The van der Waals surface area contributed by atoms with Crippen LogP contribution in [0.1, 0.15) is 30.9 Å². The van der Waals surface area contributed by atoms with Gasteiger partial charge in [-0.25, -0.2) is 0 Å². The molecule has 1 aromatic rings. The highest BCUT2D eigenvalue weighted by Crippen LogP contribution is 2.24. The van der Waals surface area contributed by atoms with Gasteiger partial charge in [-0.05, 0) is 68.0 Å². The van der Waals surface area contributed by atoms with Crippen LogP contribution in [0.4, 0.5) is 5.69 Å². The maximum absolute atomic E-state index is 6.02. The second kappa shape index (κ2) is 6.48. The van der Waals surface area contributed by atoms with Gasteiger partial charge in [0.15, 0.2) is 5.96 Å². The molecule has 1 aliphatic carbocycles. The molecule has 4 heteroatoms. The predicted molar refractivity (Wildman–Crippen MR) is 88.8 cm³/mol. The predicted octanol–water partition coefficient (Wildman–Crippen LogP) is 2.24. The van der Waals surface area contributed by atoms with E-state index in [1.54, 1.807) is 0 Å². The molecule has 0 radical (unpaired) electrons. The number of aliphatic imine (C=N–C) groups is 1. The third kappa shape index (κ3) is 3.56. The molecule has 0 aromatic heterocycles. The second-order valence-electron chi connectivity index (χ2n) is 6.24. The Hall–Kier alpha value is -1.55. The molecule has 3 rings (SSSR count). The average molecular weight is 286 g/mol. The SMILES string of the molecule is CCN1CCC(CN=C(N)Nc2ccc3c(c2)CCC3)C1. The van der Waals surface area contributed by atoms with E-state index in [1.807, 2.05) is 0 Å².